The van der Waals surface area contributed by atoms with Crippen molar-refractivity contribution >= 4 is 52.1 Å². The average molecular weight is 410 g/mol. The van der Waals surface area contributed by atoms with Crippen LogP contribution in [-0.4, -0.2) is 16.9 Å². The fourth-order valence-corrected chi connectivity index (χ4v) is 2.80. The Labute approximate surface area is 172 Å². The Morgan fingerprint density at radius 3 is 1.96 bits per heavy atom. The molecule has 0 saturated heterocycles. The molecule has 0 heterocycles. The summed E-state index contributed by atoms with van der Waals surface area (Å²) in [4.78, 5) is 24.3. The van der Waals surface area contributed by atoms with Crippen LogP contribution < -0.4 is 16.0 Å². The van der Waals surface area contributed by atoms with Gasteiger partial charge in [0.25, 0.3) is 11.8 Å². The first kappa shape index (κ1) is 19.5. The highest BCUT2D eigenvalue weighted by Gasteiger charge is 2.09. The fraction of sp³-hybridized carbons (Fsp3) is 0. The normalized spacial score (nSPS) is 10.0. The highest BCUT2D eigenvalue weighted by molar-refractivity contribution is 7.80. The number of benzene rings is 3. The third kappa shape index (κ3) is 5.39. The lowest BCUT2D eigenvalue weighted by atomic mass is 10.2. The summed E-state index contributed by atoms with van der Waals surface area (Å²) in [6.45, 7) is 0. The number of halogens is 1. The van der Waals surface area contributed by atoms with E-state index in [0.717, 1.165) is 0 Å². The molecule has 3 N–H and O–H groups in total. The van der Waals surface area contributed by atoms with Crippen molar-refractivity contribution in [1.82, 2.24) is 5.32 Å². The molecule has 0 saturated carbocycles. The van der Waals surface area contributed by atoms with Gasteiger partial charge in [-0.3, -0.25) is 14.9 Å². The summed E-state index contributed by atoms with van der Waals surface area (Å²) in [6.07, 6.45) is 0. The first-order valence-corrected chi connectivity index (χ1v) is 9.14. The molecule has 3 rings (SSSR count). The van der Waals surface area contributed by atoms with Crippen LogP contribution >= 0.6 is 23.8 Å². The average Bonchev–Trinajstić information content (AvgIpc) is 2.70. The topological polar surface area (TPSA) is 70.2 Å². The molecular formula is C21H16ClN3O2S. The number of thiocarbonyl (C=S) groups is 1. The summed E-state index contributed by atoms with van der Waals surface area (Å²) in [5, 5.41) is 8.96. The minimum absolute atomic E-state index is 0.158. The Bertz CT molecular complexity index is 1010. The maximum atomic E-state index is 12.2. The summed E-state index contributed by atoms with van der Waals surface area (Å²) in [5.74, 6) is -0.544. The molecule has 0 fully saturated rings. The fourth-order valence-electron chi connectivity index (χ4n) is 2.40. The number of hydrogen-bond donors (Lipinski definition) is 3. The van der Waals surface area contributed by atoms with Crippen LogP contribution in [0.25, 0.3) is 0 Å². The molecule has 0 spiro atoms. The lowest BCUT2D eigenvalue weighted by Gasteiger charge is -2.11. The SMILES string of the molecule is O=C(NC(=S)Nc1ccc(NC(=O)c2ccccc2)cc1)c1cccc(Cl)c1. The zero-order valence-corrected chi connectivity index (χ0v) is 16.2. The van der Waals surface area contributed by atoms with Gasteiger partial charge in [0, 0.05) is 27.5 Å². The summed E-state index contributed by atoms with van der Waals surface area (Å²) < 4.78 is 0. The quantitative estimate of drug-likeness (QED) is 0.545. The van der Waals surface area contributed by atoms with Crippen LogP contribution in [0.4, 0.5) is 11.4 Å². The molecule has 0 aromatic heterocycles. The monoisotopic (exact) mass is 409 g/mol. The molecule has 0 aliphatic carbocycles. The highest BCUT2D eigenvalue weighted by atomic mass is 35.5. The summed E-state index contributed by atoms with van der Waals surface area (Å²) in [7, 11) is 0. The largest absolute Gasteiger partial charge is 0.332 e. The lowest BCUT2D eigenvalue weighted by Crippen LogP contribution is -2.34. The molecule has 0 bridgehead atoms. The van der Waals surface area contributed by atoms with Gasteiger partial charge in [0.05, 0.1) is 0 Å². The van der Waals surface area contributed by atoms with E-state index < -0.39 is 0 Å². The minimum atomic E-state index is -0.355. The van der Waals surface area contributed by atoms with E-state index in [0.29, 0.717) is 27.5 Å². The van der Waals surface area contributed by atoms with Crippen molar-refractivity contribution < 1.29 is 9.59 Å². The molecule has 0 radical (unpaired) electrons. The lowest BCUT2D eigenvalue weighted by molar-refractivity contribution is 0.0976. The zero-order valence-electron chi connectivity index (χ0n) is 14.6. The zero-order chi connectivity index (χ0) is 19.9. The number of nitrogens with one attached hydrogen (secondary N) is 3. The van der Waals surface area contributed by atoms with E-state index in [1.54, 1.807) is 72.8 Å². The molecule has 5 nitrogen and oxygen atoms in total. The van der Waals surface area contributed by atoms with Gasteiger partial charge in [0.15, 0.2) is 5.11 Å². The van der Waals surface area contributed by atoms with Crippen LogP contribution in [0.3, 0.4) is 0 Å². The van der Waals surface area contributed by atoms with Crippen LogP contribution in [0.5, 0.6) is 0 Å². The Morgan fingerprint density at radius 1 is 0.714 bits per heavy atom. The van der Waals surface area contributed by atoms with Crippen molar-refractivity contribution in [2.45, 2.75) is 0 Å². The van der Waals surface area contributed by atoms with E-state index in [4.69, 9.17) is 23.8 Å². The van der Waals surface area contributed by atoms with Crippen LogP contribution in [0.2, 0.25) is 5.02 Å². The number of hydrogen-bond acceptors (Lipinski definition) is 3. The summed E-state index contributed by atoms with van der Waals surface area (Å²) >= 11 is 11.1. The number of carbonyl (C=O) groups is 2. The van der Waals surface area contributed by atoms with Gasteiger partial charge in [-0.2, -0.15) is 0 Å². The highest BCUT2D eigenvalue weighted by Crippen LogP contribution is 2.15. The molecule has 0 aliphatic rings. The van der Waals surface area contributed by atoms with Crippen molar-refractivity contribution in [1.29, 1.82) is 0 Å². The minimum Gasteiger partial charge on any atom is -0.332 e. The van der Waals surface area contributed by atoms with Gasteiger partial charge in [-0.25, -0.2) is 0 Å². The van der Waals surface area contributed by atoms with E-state index in [9.17, 15) is 9.59 Å². The molecule has 7 heteroatoms. The second-order valence-electron chi connectivity index (χ2n) is 5.82. The van der Waals surface area contributed by atoms with Crippen molar-refractivity contribution in [3.63, 3.8) is 0 Å². The van der Waals surface area contributed by atoms with Crippen LogP contribution in [0, 0.1) is 0 Å². The van der Waals surface area contributed by atoms with Crippen molar-refractivity contribution in [2.24, 2.45) is 0 Å². The van der Waals surface area contributed by atoms with E-state index in [1.165, 1.54) is 0 Å². The van der Waals surface area contributed by atoms with Crippen molar-refractivity contribution in [3.05, 3.63) is 95.0 Å². The van der Waals surface area contributed by atoms with Gasteiger partial charge in [0.1, 0.15) is 0 Å². The smallest absolute Gasteiger partial charge is 0.257 e. The Hall–Kier alpha value is -3.22. The Kier molecular flexibility index (Phi) is 6.37. The molecule has 0 unspecified atom stereocenters. The maximum absolute atomic E-state index is 12.2. The van der Waals surface area contributed by atoms with Crippen LogP contribution in [0.1, 0.15) is 20.7 Å². The second-order valence-corrected chi connectivity index (χ2v) is 6.66. The van der Waals surface area contributed by atoms with Gasteiger partial charge < -0.3 is 10.6 Å². The van der Waals surface area contributed by atoms with Gasteiger partial charge in [-0.05, 0) is 66.8 Å². The van der Waals surface area contributed by atoms with Gasteiger partial charge in [0.2, 0.25) is 0 Å². The molecule has 3 aromatic rings. The van der Waals surface area contributed by atoms with Gasteiger partial charge in [-0.1, -0.05) is 35.9 Å². The molecular weight excluding hydrogens is 394 g/mol. The second kappa shape index (κ2) is 9.12. The van der Waals surface area contributed by atoms with E-state index in [2.05, 4.69) is 16.0 Å². The molecule has 0 atom stereocenters. The summed E-state index contributed by atoms with van der Waals surface area (Å²) in [6, 6.07) is 22.5. The van der Waals surface area contributed by atoms with E-state index in [1.807, 2.05) is 6.07 Å². The van der Waals surface area contributed by atoms with E-state index >= 15 is 0 Å². The first-order valence-electron chi connectivity index (χ1n) is 8.35. The van der Waals surface area contributed by atoms with Crippen LogP contribution in [0.15, 0.2) is 78.9 Å². The van der Waals surface area contributed by atoms with Gasteiger partial charge in [-0.15, -0.1) is 0 Å². The third-order valence-electron chi connectivity index (χ3n) is 3.75. The molecule has 0 aliphatic heterocycles. The standard InChI is InChI=1S/C21H16ClN3O2S/c22-16-8-4-7-15(13-16)20(27)25-21(28)24-18-11-9-17(10-12-18)23-19(26)14-5-2-1-3-6-14/h1-13H,(H,23,26)(H2,24,25,27,28). The summed E-state index contributed by atoms with van der Waals surface area (Å²) in [5.41, 5.74) is 2.31. The number of anilines is 2. The number of rotatable bonds is 4. The Morgan fingerprint density at radius 2 is 1.32 bits per heavy atom. The van der Waals surface area contributed by atoms with Crippen LogP contribution in [-0.2, 0) is 0 Å². The van der Waals surface area contributed by atoms with Gasteiger partial charge >= 0.3 is 0 Å². The maximum Gasteiger partial charge on any atom is 0.257 e. The molecule has 28 heavy (non-hydrogen) atoms. The molecule has 3 aromatic carbocycles. The third-order valence-corrected chi connectivity index (χ3v) is 4.19. The Balaban J connectivity index is 1.55. The molecule has 2 amide bonds. The molecule has 140 valence electrons. The predicted octanol–water partition coefficient (Wildman–Crippen LogP) is 4.72. The predicted molar refractivity (Wildman–Crippen MR) is 116 cm³/mol. The number of carbonyl (C=O) groups excluding carboxylic acids is 2. The number of amides is 2. The van der Waals surface area contributed by atoms with Crippen molar-refractivity contribution in [2.75, 3.05) is 10.6 Å². The van der Waals surface area contributed by atoms with E-state index in [-0.39, 0.29) is 16.9 Å². The van der Waals surface area contributed by atoms with Crippen molar-refractivity contribution in [3.8, 4) is 0 Å². The first-order chi connectivity index (χ1) is 13.5.